The molecule has 2 aromatic heterocycles. The fourth-order valence-corrected chi connectivity index (χ4v) is 2.14. The van der Waals surface area contributed by atoms with Crippen molar-refractivity contribution < 1.29 is 0 Å². The molecule has 0 aliphatic carbocycles. The molecule has 0 spiro atoms. The second kappa shape index (κ2) is 4.77. The Hall–Kier alpha value is -2.69. The summed E-state index contributed by atoms with van der Waals surface area (Å²) in [5.74, 6) is 0.760. The van der Waals surface area contributed by atoms with Gasteiger partial charge in [-0.2, -0.15) is 0 Å². The first kappa shape index (κ1) is 12.3. The largest absolute Gasteiger partial charge is 0.398 e. The summed E-state index contributed by atoms with van der Waals surface area (Å²) in [6, 6.07) is 9.66. The number of pyridine rings is 1. The molecule has 0 amide bonds. The molecule has 0 fully saturated rings. The molecule has 1 aromatic carbocycles. The van der Waals surface area contributed by atoms with Crippen molar-refractivity contribution >= 4 is 28.1 Å². The number of nitrogens with two attached hydrogens (primary N) is 1. The van der Waals surface area contributed by atoms with E-state index in [4.69, 9.17) is 5.73 Å². The van der Waals surface area contributed by atoms with Gasteiger partial charge in [-0.3, -0.25) is 4.98 Å². The van der Waals surface area contributed by atoms with Gasteiger partial charge in [-0.1, -0.05) is 0 Å². The number of rotatable bonds is 2. The molecule has 0 unspecified atom stereocenters. The minimum Gasteiger partial charge on any atom is -0.398 e. The predicted molar refractivity (Wildman–Crippen MR) is 80.9 cm³/mol. The van der Waals surface area contributed by atoms with Crippen LogP contribution in [0, 0.1) is 13.8 Å². The van der Waals surface area contributed by atoms with Crippen LogP contribution in [0.4, 0.5) is 17.2 Å². The van der Waals surface area contributed by atoms with E-state index in [2.05, 4.69) is 20.3 Å². The molecule has 0 aliphatic rings. The van der Waals surface area contributed by atoms with Crippen molar-refractivity contribution in [1.82, 2.24) is 15.0 Å². The fourth-order valence-electron chi connectivity index (χ4n) is 2.14. The van der Waals surface area contributed by atoms with Crippen LogP contribution in [0.15, 0.2) is 36.7 Å². The first-order valence-electron chi connectivity index (χ1n) is 6.34. The Morgan fingerprint density at radius 1 is 1.00 bits per heavy atom. The molecular formula is C15H15N5. The lowest BCUT2D eigenvalue weighted by Gasteiger charge is -2.09. The van der Waals surface area contributed by atoms with Crippen LogP contribution in [0.3, 0.4) is 0 Å². The van der Waals surface area contributed by atoms with E-state index in [-0.39, 0.29) is 0 Å². The van der Waals surface area contributed by atoms with Gasteiger partial charge in [0.2, 0.25) is 0 Å². The third-order valence-corrected chi connectivity index (χ3v) is 3.04. The smallest absolute Gasteiger partial charge is 0.133 e. The second-order valence-corrected chi connectivity index (χ2v) is 4.75. The summed E-state index contributed by atoms with van der Waals surface area (Å²) in [5.41, 5.74) is 10.4. The van der Waals surface area contributed by atoms with E-state index < -0.39 is 0 Å². The number of aromatic nitrogens is 3. The van der Waals surface area contributed by atoms with Crippen LogP contribution in [0.5, 0.6) is 0 Å². The molecule has 3 rings (SSSR count). The summed E-state index contributed by atoms with van der Waals surface area (Å²) in [6.07, 6.45) is 1.54. The van der Waals surface area contributed by atoms with Gasteiger partial charge >= 0.3 is 0 Å². The maximum Gasteiger partial charge on any atom is 0.133 e. The van der Waals surface area contributed by atoms with Crippen molar-refractivity contribution in [2.45, 2.75) is 13.8 Å². The van der Waals surface area contributed by atoms with Gasteiger partial charge < -0.3 is 11.1 Å². The third-order valence-electron chi connectivity index (χ3n) is 3.04. The number of nitrogens with zero attached hydrogens (tertiary/aromatic N) is 3. The van der Waals surface area contributed by atoms with Gasteiger partial charge in [0.15, 0.2) is 0 Å². The van der Waals surface area contributed by atoms with Gasteiger partial charge in [0.05, 0.1) is 5.52 Å². The highest BCUT2D eigenvalue weighted by Gasteiger charge is 2.04. The molecule has 0 bridgehead atoms. The second-order valence-electron chi connectivity index (χ2n) is 4.75. The van der Waals surface area contributed by atoms with Crippen LogP contribution in [0.25, 0.3) is 10.9 Å². The predicted octanol–water partition coefficient (Wildman–Crippen LogP) is 2.97. The standard InChI is InChI=1S/C15H15N5/c1-9-6-15(18-8-17-9)20-11-3-4-14-12(7-11)13(16)5-10(2)19-14/h3-8H,1-2H3,(H2,16,19)(H,17,18,20). The Bertz CT molecular complexity index is 782. The van der Waals surface area contributed by atoms with Crippen molar-refractivity contribution in [3.8, 4) is 0 Å². The molecule has 0 radical (unpaired) electrons. The van der Waals surface area contributed by atoms with Crippen molar-refractivity contribution in [3.05, 3.63) is 48.0 Å². The average Bonchev–Trinajstić information content (AvgIpc) is 2.39. The highest BCUT2D eigenvalue weighted by atomic mass is 15.0. The maximum absolute atomic E-state index is 6.05. The highest BCUT2D eigenvalue weighted by Crippen LogP contribution is 2.25. The number of aryl methyl sites for hydroxylation is 2. The molecular weight excluding hydrogens is 250 g/mol. The summed E-state index contributed by atoms with van der Waals surface area (Å²) < 4.78 is 0. The Morgan fingerprint density at radius 3 is 2.65 bits per heavy atom. The van der Waals surface area contributed by atoms with Gasteiger partial charge in [0.25, 0.3) is 0 Å². The summed E-state index contributed by atoms with van der Waals surface area (Å²) in [7, 11) is 0. The van der Waals surface area contributed by atoms with E-state index >= 15 is 0 Å². The fraction of sp³-hybridized carbons (Fsp3) is 0.133. The molecule has 2 heterocycles. The quantitative estimate of drug-likeness (QED) is 0.745. The topological polar surface area (TPSA) is 76.7 Å². The Balaban J connectivity index is 2.01. The number of hydrogen-bond acceptors (Lipinski definition) is 5. The highest BCUT2D eigenvalue weighted by molar-refractivity contribution is 5.93. The minimum atomic E-state index is 0.731. The van der Waals surface area contributed by atoms with Crippen molar-refractivity contribution in [2.75, 3.05) is 11.1 Å². The van der Waals surface area contributed by atoms with Crippen LogP contribution in [-0.4, -0.2) is 15.0 Å². The van der Waals surface area contributed by atoms with E-state index in [1.54, 1.807) is 0 Å². The van der Waals surface area contributed by atoms with E-state index in [1.165, 1.54) is 6.33 Å². The van der Waals surface area contributed by atoms with E-state index in [0.717, 1.165) is 39.5 Å². The van der Waals surface area contributed by atoms with Crippen LogP contribution >= 0.6 is 0 Å². The lowest BCUT2D eigenvalue weighted by atomic mass is 10.1. The minimum absolute atomic E-state index is 0.731. The normalized spacial score (nSPS) is 10.7. The van der Waals surface area contributed by atoms with Crippen LogP contribution in [0.2, 0.25) is 0 Å². The summed E-state index contributed by atoms with van der Waals surface area (Å²) >= 11 is 0. The molecule has 5 heteroatoms. The van der Waals surface area contributed by atoms with E-state index in [9.17, 15) is 0 Å². The van der Waals surface area contributed by atoms with Crippen LogP contribution < -0.4 is 11.1 Å². The average molecular weight is 265 g/mol. The zero-order chi connectivity index (χ0) is 14.1. The molecule has 0 aliphatic heterocycles. The lowest BCUT2D eigenvalue weighted by Crippen LogP contribution is -1.97. The maximum atomic E-state index is 6.05. The molecule has 3 aromatic rings. The van der Waals surface area contributed by atoms with Crippen molar-refractivity contribution in [2.24, 2.45) is 0 Å². The third kappa shape index (κ3) is 2.38. The van der Waals surface area contributed by atoms with Gasteiger partial charge in [-0.25, -0.2) is 9.97 Å². The van der Waals surface area contributed by atoms with Gasteiger partial charge in [-0.05, 0) is 38.1 Å². The molecule has 0 saturated carbocycles. The first-order valence-corrected chi connectivity index (χ1v) is 6.34. The first-order chi connectivity index (χ1) is 9.61. The monoisotopic (exact) mass is 265 g/mol. The Kier molecular flexibility index (Phi) is 2.95. The number of nitrogen functional groups attached to an aromatic ring is 1. The molecule has 100 valence electrons. The number of hydrogen-bond donors (Lipinski definition) is 2. The summed E-state index contributed by atoms with van der Waals surface area (Å²) in [4.78, 5) is 12.7. The molecule has 5 nitrogen and oxygen atoms in total. The Labute approximate surface area is 116 Å². The van der Waals surface area contributed by atoms with Crippen molar-refractivity contribution in [1.29, 1.82) is 0 Å². The zero-order valence-electron chi connectivity index (χ0n) is 11.4. The van der Waals surface area contributed by atoms with E-state index in [1.807, 2.05) is 44.2 Å². The zero-order valence-corrected chi connectivity index (χ0v) is 11.4. The summed E-state index contributed by atoms with van der Waals surface area (Å²) in [5, 5.41) is 4.18. The van der Waals surface area contributed by atoms with Crippen LogP contribution in [0.1, 0.15) is 11.4 Å². The van der Waals surface area contributed by atoms with Crippen molar-refractivity contribution in [3.63, 3.8) is 0 Å². The number of benzene rings is 1. The number of fused-ring (bicyclic) bond motifs is 1. The Morgan fingerprint density at radius 2 is 1.85 bits per heavy atom. The number of anilines is 3. The summed E-state index contributed by atoms with van der Waals surface area (Å²) in [6.45, 7) is 3.86. The van der Waals surface area contributed by atoms with Crippen LogP contribution in [-0.2, 0) is 0 Å². The van der Waals surface area contributed by atoms with Gasteiger partial charge in [-0.15, -0.1) is 0 Å². The molecule has 20 heavy (non-hydrogen) atoms. The lowest BCUT2D eigenvalue weighted by molar-refractivity contribution is 1.10. The number of nitrogens with one attached hydrogen (secondary N) is 1. The van der Waals surface area contributed by atoms with Gasteiger partial charge in [0.1, 0.15) is 12.1 Å². The molecule has 3 N–H and O–H groups in total. The molecule has 0 atom stereocenters. The SMILES string of the molecule is Cc1cc(Nc2ccc3nc(C)cc(N)c3c2)ncn1. The van der Waals surface area contributed by atoms with E-state index in [0.29, 0.717) is 0 Å². The van der Waals surface area contributed by atoms with Gasteiger partial charge in [0, 0.05) is 34.2 Å². The molecule has 0 saturated heterocycles.